The van der Waals surface area contributed by atoms with Gasteiger partial charge in [0.05, 0.1) is 10.7 Å². The fourth-order valence-electron chi connectivity index (χ4n) is 3.45. The average Bonchev–Trinajstić information content (AvgIpc) is 2.88. The van der Waals surface area contributed by atoms with E-state index in [1.165, 1.54) is 41.5 Å². The molecule has 1 saturated carbocycles. The van der Waals surface area contributed by atoms with Gasteiger partial charge in [0.25, 0.3) is 0 Å². The largest absolute Gasteiger partial charge is 0.327 e. The smallest absolute Gasteiger partial charge is 0.0900 e. The highest BCUT2D eigenvalue weighted by molar-refractivity contribution is 7.11. The van der Waals surface area contributed by atoms with Gasteiger partial charge in [-0.25, -0.2) is 4.98 Å². The lowest BCUT2D eigenvalue weighted by Crippen LogP contribution is -2.30. The van der Waals surface area contributed by atoms with Crippen molar-refractivity contribution in [1.29, 1.82) is 0 Å². The molecule has 1 saturated heterocycles. The van der Waals surface area contributed by atoms with Crippen LogP contribution in [0.1, 0.15) is 28.4 Å². The minimum atomic E-state index is 0. The van der Waals surface area contributed by atoms with Gasteiger partial charge in [0.15, 0.2) is 0 Å². The van der Waals surface area contributed by atoms with Gasteiger partial charge in [-0.05, 0) is 38.5 Å². The normalized spacial score (nSPS) is 31.4. The Kier molecular flexibility index (Phi) is 4.32. The first-order valence-corrected chi connectivity index (χ1v) is 7.36. The molecule has 3 unspecified atom stereocenters. The number of halogens is 1. The van der Waals surface area contributed by atoms with Crippen molar-refractivity contribution in [3.05, 3.63) is 15.6 Å². The van der Waals surface area contributed by atoms with Gasteiger partial charge < -0.3 is 5.73 Å². The van der Waals surface area contributed by atoms with Crippen LogP contribution in [0, 0.1) is 25.7 Å². The van der Waals surface area contributed by atoms with Crippen molar-refractivity contribution in [3.63, 3.8) is 0 Å². The molecule has 1 aliphatic heterocycles. The fourth-order valence-corrected chi connectivity index (χ4v) is 4.43. The topological polar surface area (TPSA) is 42.2 Å². The summed E-state index contributed by atoms with van der Waals surface area (Å²) in [4.78, 5) is 8.53. The molecule has 1 aliphatic carbocycles. The molecule has 2 heterocycles. The number of thiazole rings is 1. The first-order chi connectivity index (χ1) is 8.13. The SMILES string of the molecule is Cc1nc(C)c(CN2CC3CCC(N)C3C2)s1.Cl. The van der Waals surface area contributed by atoms with Crippen LogP contribution >= 0.6 is 23.7 Å². The number of hydrogen-bond acceptors (Lipinski definition) is 4. The molecule has 1 aromatic heterocycles. The summed E-state index contributed by atoms with van der Waals surface area (Å²) in [6, 6.07) is 0.453. The summed E-state index contributed by atoms with van der Waals surface area (Å²) in [5, 5.41) is 1.19. The van der Waals surface area contributed by atoms with Crippen molar-refractivity contribution in [3.8, 4) is 0 Å². The van der Waals surface area contributed by atoms with E-state index >= 15 is 0 Å². The van der Waals surface area contributed by atoms with Gasteiger partial charge in [0, 0.05) is 30.6 Å². The molecule has 18 heavy (non-hydrogen) atoms. The van der Waals surface area contributed by atoms with E-state index in [0.29, 0.717) is 6.04 Å². The van der Waals surface area contributed by atoms with Gasteiger partial charge in [0.2, 0.25) is 0 Å². The second kappa shape index (κ2) is 5.45. The molecule has 3 rings (SSSR count). The van der Waals surface area contributed by atoms with Gasteiger partial charge in [-0.1, -0.05) is 0 Å². The highest BCUT2D eigenvalue weighted by Gasteiger charge is 2.40. The van der Waals surface area contributed by atoms with Gasteiger partial charge in [-0.3, -0.25) is 4.90 Å². The molecular weight excluding hydrogens is 266 g/mol. The number of rotatable bonds is 2. The average molecular weight is 288 g/mol. The van der Waals surface area contributed by atoms with E-state index in [4.69, 9.17) is 5.73 Å². The third-order valence-electron chi connectivity index (χ3n) is 4.35. The number of likely N-dealkylation sites (tertiary alicyclic amines) is 1. The molecule has 102 valence electrons. The molecule has 2 aliphatic rings. The lowest BCUT2D eigenvalue weighted by atomic mass is 9.98. The molecule has 1 aromatic rings. The molecule has 0 radical (unpaired) electrons. The van der Waals surface area contributed by atoms with Crippen LogP contribution in [0.15, 0.2) is 0 Å². The molecule has 0 aromatic carbocycles. The van der Waals surface area contributed by atoms with Crippen LogP contribution in [-0.4, -0.2) is 29.0 Å². The summed E-state index contributed by atoms with van der Waals surface area (Å²) >= 11 is 1.85. The van der Waals surface area contributed by atoms with Gasteiger partial charge >= 0.3 is 0 Å². The molecule has 2 fully saturated rings. The second-order valence-corrected chi connectivity index (χ2v) is 6.89. The predicted molar refractivity (Wildman–Crippen MR) is 78.3 cm³/mol. The monoisotopic (exact) mass is 287 g/mol. The van der Waals surface area contributed by atoms with E-state index in [1.807, 2.05) is 11.3 Å². The number of fused-ring (bicyclic) bond motifs is 1. The third-order valence-corrected chi connectivity index (χ3v) is 5.41. The van der Waals surface area contributed by atoms with Crippen LogP contribution in [0.2, 0.25) is 0 Å². The van der Waals surface area contributed by atoms with E-state index < -0.39 is 0 Å². The molecular formula is C13H22ClN3S. The Balaban J connectivity index is 0.00000120. The Bertz CT molecular complexity index is 420. The Morgan fingerprint density at radius 3 is 2.72 bits per heavy atom. The van der Waals surface area contributed by atoms with Crippen molar-refractivity contribution in [1.82, 2.24) is 9.88 Å². The van der Waals surface area contributed by atoms with E-state index in [2.05, 4.69) is 23.7 Å². The van der Waals surface area contributed by atoms with Gasteiger partial charge in [-0.2, -0.15) is 0 Å². The fraction of sp³-hybridized carbons (Fsp3) is 0.769. The number of aryl methyl sites for hydroxylation is 2. The number of aromatic nitrogens is 1. The van der Waals surface area contributed by atoms with Crippen LogP contribution in [0.5, 0.6) is 0 Å². The molecule has 3 nitrogen and oxygen atoms in total. The molecule has 2 N–H and O–H groups in total. The van der Waals surface area contributed by atoms with Crippen molar-refractivity contribution in [2.24, 2.45) is 17.6 Å². The summed E-state index contributed by atoms with van der Waals surface area (Å²) in [6.45, 7) is 7.74. The van der Waals surface area contributed by atoms with Crippen LogP contribution < -0.4 is 5.73 Å². The molecule has 0 bridgehead atoms. The first kappa shape index (κ1) is 14.3. The molecule has 3 atom stereocenters. The number of nitrogens with two attached hydrogens (primary N) is 1. The van der Waals surface area contributed by atoms with Crippen LogP contribution in [0.3, 0.4) is 0 Å². The maximum atomic E-state index is 6.17. The summed E-state index contributed by atoms with van der Waals surface area (Å²) in [7, 11) is 0. The Morgan fingerprint density at radius 2 is 2.11 bits per heavy atom. The summed E-state index contributed by atoms with van der Waals surface area (Å²) in [5.74, 6) is 1.61. The Morgan fingerprint density at radius 1 is 1.33 bits per heavy atom. The predicted octanol–water partition coefficient (Wildman–Crippen LogP) is 2.35. The van der Waals surface area contributed by atoms with Crippen LogP contribution in [0.25, 0.3) is 0 Å². The Labute approximate surface area is 119 Å². The quantitative estimate of drug-likeness (QED) is 0.908. The van der Waals surface area contributed by atoms with Crippen LogP contribution in [0.4, 0.5) is 0 Å². The minimum Gasteiger partial charge on any atom is -0.327 e. The van der Waals surface area contributed by atoms with Gasteiger partial charge in [-0.15, -0.1) is 23.7 Å². The molecule has 0 spiro atoms. The highest BCUT2D eigenvalue weighted by atomic mass is 35.5. The van der Waals surface area contributed by atoms with E-state index in [9.17, 15) is 0 Å². The maximum absolute atomic E-state index is 6.17. The van der Waals surface area contributed by atoms with Gasteiger partial charge in [0.1, 0.15) is 0 Å². The standard InChI is InChI=1S/C13H21N3S.ClH/c1-8-13(17-9(2)15-8)7-16-5-10-3-4-12(14)11(10)6-16;/h10-12H,3-7,14H2,1-2H3;1H. The van der Waals surface area contributed by atoms with Crippen molar-refractivity contribution in [2.45, 2.75) is 39.3 Å². The molecule has 5 heteroatoms. The maximum Gasteiger partial charge on any atom is 0.0900 e. The minimum absolute atomic E-state index is 0. The van der Waals surface area contributed by atoms with E-state index in [1.54, 1.807) is 0 Å². The zero-order valence-electron chi connectivity index (χ0n) is 11.1. The van der Waals surface area contributed by atoms with Crippen molar-refractivity contribution in [2.75, 3.05) is 13.1 Å². The van der Waals surface area contributed by atoms with E-state index in [-0.39, 0.29) is 12.4 Å². The van der Waals surface area contributed by atoms with Crippen LogP contribution in [-0.2, 0) is 6.54 Å². The summed E-state index contributed by atoms with van der Waals surface area (Å²) in [6.07, 6.45) is 2.57. The third kappa shape index (κ3) is 2.57. The number of hydrogen-bond donors (Lipinski definition) is 1. The number of nitrogens with zero attached hydrogens (tertiary/aromatic N) is 2. The Hall–Kier alpha value is -0.160. The summed E-state index contributed by atoms with van der Waals surface area (Å²) < 4.78 is 0. The van der Waals surface area contributed by atoms with Crippen molar-refractivity contribution >= 4 is 23.7 Å². The van der Waals surface area contributed by atoms with E-state index in [0.717, 1.165) is 18.4 Å². The zero-order valence-corrected chi connectivity index (χ0v) is 12.7. The summed E-state index contributed by atoms with van der Waals surface area (Å²) in [5.41, 5.74) is 7.39. The molecule has 0 amide bonds. The zero-order chi connectivity index (χ0) is 12.0. The highest BCUT2D eigenvalue weighted by Crippen LogP contribution is 2.38. The first-order valence-electron chi connectivity index (χ1n) is 6.54. The lowest BCUT2D eigenvalue weighted by molar-refractivity contribution is 0.300. The second-order valence-electron chi connectivity index (χ2n) is 5.60. The van der Waals surface area contributed by atoms with Crippen molar-refractivity contribution < 1.29 is 0 Å². The lowest BCUT2D eigenvalue weighted by Gasteiger charge is -2.17.